The molecular formula is C17H16O3. The predicted molar refractivity (Wildman–Crippen MR) is 79.0 cm³/mol. The van der Waals surface area contributed by atoms with Gasteiger partial charge in [-0.15, -0.1) is 0 Å². The molecule has 0 bridgehead atoms. The van der Waals surface area contributed by atoms with Gasteiger partial charge in [0.15, 0.2) is 0 Å². The zero-order chi connectivity index (χ0) is 14.4. The molecule has 0 heterocycles. The standard InChI is InChI=1S/C17H16O3/c1-2-13-3-8-15(9-4-13)20-16-10-5-14(6-11-16)7-12-17(18)19/h3-12H,2H2,1H3,(H,18,19)/b12-7+. The Labute approximate surface area is 118 Å². The number of aliphatic carboxylic acids is 1. The van der Waals surface area contributed by atoms with Crippen LogP contribution in [-0.4, -0.2) is 11.1 Å². The Balaban J connectivity index is 2.04. The SMILES string of the molecule is CCc1ccc(Oc2ccc(/C=C/C(=O)O)cc2)cc1. The van der Waals surface area contributed by atoms with E-state index in [9.17, 15) is 4.79 Å². The van der Waals surface area contributed by atoms with Gasteiger partial charge in [0.05, 0.1) is 0 Å². The summed E-state index contributed by atoms with van der Waals surface area (Å²) in [5.41, 5.74) is 2.09. The molecule has 3 heteroatoms. The summed E-state index contributed by atoms with van der Waals surface area (Å²) in [7, 11) is 0. The number of carboxylic acids is 1. The van der Waals surface area contributed by atoms with Crippen molar-refractivity contribution in [2.75, 3.05) is 0 Å². The first-order valence-corrected chi connectivity index (χ1v) is 6.45. The van der Waals surface area contributed by atoms with E-state index in [4.69, 9.17) is 9.84 Å². The highest BCUT2D eigenvalue weighted by Gasteiger charge is 1.98. The maximum absolute atomic E-state index is 10.4. The molecule has 1 N–H and O–H groups in total. The summed E-state index contributed by atoms with van der Waals surface area (Å²) in [5.74, 6) is 0.555. The quantitative estimate of drug-likeness (QED) is 0.829. The van der Waals surface area contributed by atoms with Gasteiger partial charge in [-0.3, -0.25) is 0 Å². The molecule has 0 aliphatic rings. The minimum absolute atomic E-state index is 0.724. The van der Waals surface area contributed by atoms with Crippen LogP contribution in [0.3, 0.4) is 0 Å². The summed E-state index contributed by atoms with van der Waals surface area (Å²) in [6.45, 7) is 2.11. The number of rotatable bonds is 5. The van der Waals surface area contributed by atoms with Gasteiger partial charge in [0.1, 0.15) is 11.5 Å². The lowest BCUT2D eigenvalue weighted by atomic mass is 10.2. The first-order valence-electron chi connectivity index (χ1n) is 6.45. The molecule has 0 saturated heterocycles. The van der Waals surface area contributed by atoms with Gasteiger partial charge in [0.2, 0.25) is 0 Å². The van der Waals surface area contributed by atoms with E-state index in [0.717, 1.165) is 29.6 Å². The second-order valence-corrected chi connectivity index (χ2v) is 4.34. The van der Waals surface area contributed by atoms with Crippen molar-refractivity contribution >= 4 is 12.0 Å². The monoisotopic (exact) mass is 268 g/mol. The van der Waals surface area contributed by atoms with Crippen LogP contribution in [-0.2, 0) is 11.2 Å². The van der Waals surface area contributed by atoms with Crippen molar-refractivity contribution in [2.45, 2.75) is 13.3 Å². The highest BCUT2D eigenvalue weighted by atomic mass is 16.5. The van der Waals surface area contributed by atoms with Crippen LogP contribution in [0.25, 0.3) is 6.08 Å². The zero-order valence-corrected chi connectivity index (χ0v) is 11.2. The van der Waals surface area contributed by atoms with Crippen molar-refractivity contribution in [3.8, 4) is 11.5 Å². The van der Waals surface area contributed by atoms with Gasteiger partial charge >= 0.3 is 5.97 Å². The van der Waals surface area contributed by atoms with Crippen molar-refractivity contribution < 1.29 is 14.6 Å². The number of carboxylic acid groups (broad SMARTS) is 1. The molecular weight excluding hydrogens is 252 g/mol. The Morgan fingerprint density at radius 1 is 1.05 bits per heavy atom. The number of ether oxygens (including phenoxy) is 1. The van der Waals surface area contributed by atoms with E-state index in [2.05, 4.69) is 6.92 Å². The van der Waals surface area contributed by atoms with E-state index in [1.165, 1.54) is 5.56 Å². The lowest BCUT2D eigenvalue weighted by Gasteiger charge is -2.06. The molecule has 0 radical (unpaired) electrons. The molecule has 0 unspecified atom stereocenters. The van der Waals surface area contributed by atoms with Crippen molar-refractivity contribution in [1.82, 2.24) is 0 Å². The number of hydrogen-bond donors (Lipinski definition) is 1. The second kappa shape index (κ2) is 6.57. The first-order chi connectivity index (χ1) is 9.67. The lowest BCUT2D eigenvalue weighted by molar-refractivity contribution is -0.131. The fourth-order valence-electron chi connectivity index (χ4n) is 1.74. The molecule has 0 spiro atoms. The molecule has 0 fully saturated rings. The molecule has 2 rings (SSSR count). The summed E-state index contributed by atoms with van der Waals surface area (Å²) in [4.78, 5) is 10.4. The Bertz CT molecular complexity index is 595. The third-order valence-corrected chi connectivity index (χ3v) is 2.87. The van der Waals surface area contributed by atoms with E-state index < -0.39 is 5.97 Å². The number of carbonyl (C=O) groups is 1. The average molecular weight is 268 g/mol. The summed E-state index contributed by atoms with van der Waals surface area (Å²) >= 11 is 0. The summed E-state index contributed by atoms with van der Waals surface area (Å²) in [6, 6.07) is 15.2. The van der Waals surface area contributed by atoms with Crippen LogP contribution in [0.5, 0.6) is 11.5 Å². The molecule has 20 heavy (non-hydrogen) atoms. The molecule has 0 aromatic heterocycles. The summed E-state index contributed by atoms with van der Waals surface area (Å²) < 4.78 is 5.72. The normalized spacial score (nSPS) is 10.7. The van der Waals surface area contributed by atoms with Gasteiger partial charge in [0.25, 0.3) is 0 Å². The van der Waals surface area contributed by atoms with Crippen LogP contribution >= 0.6 is 0 Å². The number of benzene rings is 2. The Hall–Kier alpha value is -2.55. The number of hydrogen-bond acceptors (Lipinski definition) is 2. The Kier molecular flexibility index (Phi) is 4.56. The molecule has 0 aliphatic heterocycles. The highest BCUT2D eigenvalue weighted by molar-refractivity contribution is 5.85. The molecule has 2 aromatic carbocycles. The van der Waals surface area contributed by atoms with E-state index in [0.29, 0.717) is 0 Å². The summed E-state index contributed by atoms with van der Waals surface area (Å²) in [5, 5.41) is 8.56. The van der Waals surface area contributed by atoms with Crippen LogP contribution in [0.1, 0.15) is 18.1 Å². The van der Waals surface area contributed by atoms with E-state index in [1.807, 2.05) is 48.5 Å². The van der Waals surface area contributed by atoms with Crippen LogP contribution in [0.2, 0.25) is 0 Å². The minimum atomic E-state index is -0.957. The van der Waals surface area contributed by atoms with Gasteiger partial charge in [0, 0.05) is 6.08 Å². The smallest absolute Gasteiger partial charge is 0.328 e. The Morgan fingerprint density at radius 2 is 1.60 bits per heavy atom. The van der Waals surface area contributed by atoms with Gasteiger partial charge in [-0.25, -0.2) is 4.79 Å². The molecule has 0 atom stereocenters. The van der Waals surface area contributed by atoms with Crippen molar-refractivity contribution in [3.05, 3.63) is 65.7 Å². The van der Waals surface area contributed by atoms with Gasteiger partial charge in [-0.05, 0) is 47.9 Å². The highest BCUT2D eigenvalue weighted by Crippen LogP contribution is 2.22. The predicted octanol–water partition coefficient (Wildman–Crippen LogP) is 4.14. The molecule has 3 nitrogen and oxygen atoms in total. The van der Waals surface area contributed by atoms with Gasteiger partial charge in [-0.2, -0.15) is 0 Å². The second-order valence-electron chi connectivity index (χ2n) is 4.34. The third-order valence-electron chi connectivity index (χ3n) is 2.87. The fourth-order valence-corrected chi connectivity index (χ4v) is 1.74. The maximum atomic E-state index is 10.4. The fraction of sp³-hybridized carbons (Fsp3) is 0.118. The maximum Gasteiger partial charge on any atom is 0.328 e. The van der Waals surface area contributed by atoms with E-state index in [1.54, 1.807) is 6.08 Å². The van der Waals surface area contributed by atoms with Crippen LogP contribution in [0.15, 0.2) is 54.6 Å². The average Bonchev–Trinajstić information content (AvgIpc) is 2.47. The van der Waals surface area contributed by atoms with Crippen molar-refractivity contribution in [2.24, 2.45) is 0 Å². The molecule has 0 amide bonds. The minimum Gasteiger partial charge on any atom is -0.478 e. The third kappa shape index (κ3) is 3.99. The molecule has 0 saturated carbocycles. The largest absolute Gasteiger partial charge is 0.478 e. The molecule has 0 aliphatic carbocycles. The van der Waals surface area contributed by atoms with Crippen LogP contribution < -0.4 is 4.74 Å². The summed E-state index contributed by atoms with van der Waals surface area (Å²) in [6.07, 6.45) is 3.66. The Morgan fingerprint density at radius 3 is 2.10 bits per heavy atom. The lowest BCUT2D eigenvalue weighted by Crippen LogP contribution is -1.87. The number of aryl methyl sites for hydroxylation is 1. The van der Waals surface area contributed by atoms with Gasteiger partial charge < -0.3 is 9.84 Å². The topological polar surface area (TPSA) is 46.5 Å². The first kappa shape index (κ1) is 13.9. The van der Waals surface area contributed by atoms with Crippen molar-refractivity contribution in [3.63, 3.8) is 0 Å². The van der Waals surface area contributed by atoms with Gasteiger partial charge in [-0.1, -0.05) is 31.2 Å². The molecule has 102 valence electrons. The van der Waals surface area contributed by atoms with Crippen LogP contribution in [0.4, 0.5) is 0 Å². The van der Waals surface area contributed by atoms with Crippen LogP contribution in [0, 0.1) is 0 Å². The van der Waals surface area contributed by atoms with E-state index in [-0.39, 0.29) is 0 Å². The van der Waals surface area contributed by atoms with Crippen molar-refractivity contribution in [1.29, 1.82) is 0 Å². The molecule has 2 aromatic rings. The zero-order valence-electron chi connectivity index (χ0n) is 11.2. The van der Waals surface area contributed by atoms with E-state index >= 15 is 0 Å².